The summed E-state index contributed by atoms with van der Waals surface area (Å²) in [7, 11) is 0. The van der Waals surface area contributed by atoms with Gasteiger partial charge in [0.1, 0.15) is 5.84 Å². The molecule has 0 bridgehead atoms. The van der Waals surface area contributed by atoms with Crippen molar-refractivity contribution < 1.29 is 8.78 Å². The molecule has 1 rings (SSSR count). The van der Waals surface area contributed by atoms with Crippen molar-refractivity contribution in [2.45, 2.75) is 104 Å². The third-order valence-electron chi connectivity index (χ3n) is 5.98. The summed E-state index contributed by atoms with van der Waals surface area (Å²) in [4.78, 5) is 9.35. The summed E-state index contributed by atoms with van der Waals surface area (Å²) in [6.45, 7) is 13.0. The smallest absolute Gasteiger partial charge is 0.278 e. The van der Waals surface area contributed by atoms with Crippen LogP contribution in [0.3, 0.4) is 0 Å². The number of aliphatic imine (C=N–C) groups is 2. The Morgan fingerprint density at radius 1 is 1.09 bits per heavy atom. The largest absolute Gasteiger partial charge is 0.397 e. The van der Waals surface area contributed by atoms with Gasteiger partial charge >= 0.3 is 0 Å². The fourth-order valence-electron chi connectivity index (χ4n) is 3.91. The Kier molecular flexibility index (Phi) is 13.8. The first-order valence-corrected chi connectivity index (χ1v) is 12.3. The molecule has 1 saturated carbocycles. The molecule has 0 aromatic carbocycles. The summed E-state index contributed by atoms with van der Waals surface area (Å²) in [6.07, 6.45) is 10.9. The lowest BCUT2D eigenvalue weighted by molar-refractivity contribution is 0.187. The number of rotatable bonds is 13. The van der Waals surface area contributed by atoms with Crippen molar-refractivity contribution in [2.24, 2.45) is 21.6 Å². The molecule has 0 heterocycles. The number of hydrogen-bond acceptors (Lipinski definition) is 3. The van der Waals surface area contributed by atoms with E-state index in [1.165, 1.54) is 25.5 Å². The van der Waals surface area contributed by atoms with Crippen LogP contribution in [-0.2, 0) is 0 Å². The van der Waals surface area contributed by atoms with Gasteiger partial charge in [-0.3, -0.25) is 9.98 Å². The Morgan fingerprint density at radius 3 is 2.34 bits per heavy atom. The van der Waals surface area contributed by atoms with Crippen LogP contribution in [-0.4, -0.2) is 31.1 Å². The maximum atomic E-state index is 13.6. The maximum absolute atomic E-state index is 13.6. The maximum Gasteiger partial charge on any atom is 0.278 e. The van der Waals surface area contributed by atoms with E-state index in [0.29, 0.717) is 17.2 Å². The Hall–Kier alpha value is -1.98. The molecule has 0 amide bonds. The summed E-state index contributed by atoms with van der Waals surface area (Å²) in [5.74, 6) is 1.57. The zero-order valence-corrected chi connectivity index (χ0v) is 20.6. The van der Waals surface area contributed by atoms with Gasteiger partial charge in [0.2, 0.25) is 0 Å². The molecule has 0 aliphatic heterocycles. The lowest BCUT2D eigenvalue weighted by Crippen LogP contribution is -2.24. The van der Waals surface area contributed by atoms with Crippen LogP contribution in [0.15, 0.2) is 45.2 Å². The lowest BCUT2D eigenvalue weighted by atomic mass is 9.88. The van der Waals surface area contributed by atoms with Gasteiger partial charge < -0.3 is 11.1 Å². The van der Waals surface area contributed by atoms with Crippen LogP contribution < -0.4 is 11.1 Å². The molecular formula is C26H44F2N4. The minimum atomic E-state index is -2.76. The highest BCUT2D eigenvalue weighted by molar-refractivity contribution is 5.89. The molecule has 1 aliphatic carbocycles. The first-order valence-electron chi connectivity index (χ1n) is 12.3. The van der Waals surface area contributed by atoms with Crippen molar-refractivity contribution in [3.05, 3.63) is 35.2 Å². The van der Waals surface area contributed by atoms with Crippen molar-refractivity contribution in [2.75, 3.05) is 6.54 Å². The molecular weight excluding hydrogens is 406 g/mol. The van der Waals surface area contributed by atoms with Crippen LogP contribution >= 0.6 is 0 Å². The van der Waals surface area contributed by atoms with Crippen molar-refractivity contribution in [3.63, 3.8) is 0 Å². The van der Waals surface area contributed by atoms with E-state index in [1.807, 2.05) is 6.92 Å². The molecule has 6 heteroatoms. The highest BCUT2D eigenvalue weighted by Crippen LogP contribution is 2.26. The number of hydrogen-bond donors (Lipinski definition) is 2. The van der Waals surface area contributed by atoms with Crippen molar-refractivity contribution in [1.29, 1.82) is 0 Å². The van der Waals surface area contributed by atoms with Gasteiger partial charge in [-0.1, -0.05) is 52.7 Å². The second-order valence-electron chi connectivity index (χ2n) is 8.87. The number of unbranched alkanes of at least 4 members (excludes halogenated alkanes) is 3. The van der Waals surface area contributed by atoms with Crippen LogP contribution in [0.2, 0.25) is 0 Å². The molecule has 0 saturated heterocycles. The zero-order valence-electron chi connectivity index (χ0n) is 20.6. The van der Waals surface area contributed by atoms with E-state index in [-0.39, 0.29) is 11.6 Å². The fraction of sp³-hybridized carbons (Fsp3) is 0.692. The van der Waals surface area contributed by atoms with Gasteiger partial charge in [-0.05, 0) is 51.4 Å². The molecule has 32 heavy (non-hydrogen) atoms. The quantitative estimate of drug-likeness (QED) is 0.138. The third-order valence-corrected chi connectivity index (χ3v) is 5.98. The summed E-state index contributed by atoms with van der Waals surface area (Å²) in [6, 6.07) is 0.159. The van der Waals surface area contributed by atoms with Crippen LogP contribution in [0.5, 0.6) is 0 Å². The first kappa shape index (κ1) is 28.1. The number of amidine groups is 1. The molecule has 0 spiro atoms. The summed E-state index contributed by atoms with van der Waals surface area (Å²) in [5.41, 5.74) is 6.86. The predicted octanol–water partition coefficient (Wildman–Crippen LogP) is 6.94. The van der Waals surface area contributed by atoms with E-state index in [1.54, 1.807) is 6.08 Å². The van der Waals surface area contributed by atoms with Gasteiger partial charge in [0.15, 0.2) is 0 Å². The van der Waals surface area contributed by atoms with Gasteiger partial charge in [0.25, 0.3) is 6.43 Å². The van der Waals surface area contributed by atoms with E-state index in [9.17, 15) is 8.78 Å². The molecule has 0 unspecified atom stereocenters. The first-order chi connectivity index (χ1) is 15.3. The van der Waals surface area contributed by atoms with Gasteiger partial charge in [0, 0.05) is 42.1 Å². The van der Waals surface area contributed by atoms with Crippen LogP contribution in [0.25, 0.3) is 0 Å². The highest BCUT2D eigenvalue weighted by Gasteiger charge is 2.19. The Bertz CT molecular complexity index is 684. The minimum absolute atomic E-state index is 0.159. The number of halogens is 2. The van der Waals surface area contributed by atoms with Crippen LogP contribution in [0.4, 0.5) is 8.78 Å². The normalized spacial score (nSPS) is 21.5. The molecule has 182 valence electrons. The second-order valence-corrected chi connectivity index (χ2v) is 8.87. The van der Waals surface area contributed by atoms with Gasteiger partial charge in [-0.25, -0.2) is 8.78 Å². The molecule has 1 fully saturated rings. The van der Waals surface area contributed by atoms with Crippen LogP contribution in [0, 0.1) is 5.92 Å². The second kappa shape index (κ2) is 15.8. The van der Waals surface area contributed by atoms with E-state index in [2.05, 4.69) is 37.7 Å². The van der Waals surface area contributed by atoms with E-state index in [4.69, 9.17) is 10.7 Å². The minimum Gasteiger partial charge on any atom is -0.397 e. The van der Waals surface area contributed by atoms with Crippen molar-refractivity contribution in [1.82, 2.24) is 5.32 Å². The van der Waals surface area contributed by atoms with Crippen molar-refractivity contribution in [3.8, 4) is 0 Å². The molecule has 0 aromatic heterocycles. The molecule has 4 nitrogen and oxygen atoms in total. The summed E-state index contributed by atoms with van der Waals surface area (Å²) >= 11 is 0. The van der Waals surface area contributed by atoms with Gasteiger partial charge in [-0.15, -0.1) is 0 Å². The van der Waals surface area contributed by atoms with E-state index in [0.717, 1.165) is 57.3 Å². The number of nitrogens with two attached hydrogens (primary N) is 1. The van der Waals surface area contributed by atoms with E-state index >= 15 is 0 Å². The predicted molar refractivity (Wildman–Crippen MR) is 135 cm³/mol. The molecule has 0 aromatic rings. The van der Waals surface area contributed by atoms with Gasteiger partial charge in [0.05, 0.1) is 5.70 Å². The standard InChI is InChI=1S/C26H44F2N4/c1-6-9-10-11-17-30-24(12-7-2)32-20(5)22(8-3)23(25(29)26(27)28)18-31-21-15-13-19(4)14-16-21/h8,18-19,21,26H,3,6-7,9-17,29H2,1-2,4-5H3,(H,30,32)/b22-20-,25-23?,31-18?. The number of nitrogens with zero attached hydrogens (tertiary/aromatic N) is 2. The Labute approximate surface area is 194 Å². The zero-order chi connectivity index (χ0) is 23.9. The molecule has 0 radical (unpaired) electrons. The summed E-state index contributed by atoms with van der Waals surface area (Å²) in [5, 5.41) is 3.34. The molecule has 3 N–H and O–H groups in total. The number of alkyl halides is 2. The Balaban J connectivity index is 3.11. The molecule has 1 aliphatic rings. The number of nitrogens with one attached hydrogen (secondary N) is 1. The average Bonchev–Trinajstić information content (AvgIpc) is 2.77. The Morgan fingerprint density at radius 2 is 1.78 bits per heavy atom. The van der Waals surface area contributed by atoms with Gasteiger partial charge in [-0.2, -0.15) is 0 Å². The molecule has 0 atom stereocenters. The van der Waals surface area contributed by atoms with Crippen LogP contribution in [0.1, 0.15) is 91.9 Å². The van der Waals surface area contributed by atoms with E-state index < -0.39 is 12.1 Å². The number of allylic oxidation sites excluding steroid dienone is 5. The SMILES string of the molecule is C=C/C(C(C=NC1CCC(C)CC1)=C(N)C(F)F)=C(\C)NC(CCC)=NCCCCCC. The topological polar surface area (TPSA) is 62.8 Å². The highest BCUT2D eigenvalue weighted by atomic mass is 19.3. The average molecular weight is 451 g/mol. The third kappa shape index (κ3) is 10.1. The summed E-state index contributed by atoms with van der Waals surface area (Å²) < 4.78 is 27.1. The van der Waals surface area contributed by atoms with Crippen molar-refractivity contribution >= 4 is 12.1 Å². The monoisotopic (exact) mass is 450 g/mol. The fourth-order valence-corrected chi connectivity index (χ4v) is 3.91. The lowest BCUT2D eigenvalue weighted by Gasteiger charge is -2.23.